The second-order valence-electron chi connectivity index (χ2n) is 6.98. The van der Waals surface area contributed by atoms with E-state index in [9.17, 15) is 9.90 Å². The molecule has 4 rings (SSSR count). The highest BCUT2D eigenvalue weighted by Gasteiger charge is 2.45. The van der Waals surface area contributed by atoms with Gasteiger partial charge in [0.1, 0.15) is 0 Å². The number of hydrogen-bond acceptors (Lipinski definition) is 2. The first kappa shape index (κ1) is 16.4. The number of benzene rings is 2. The van der Waals surface area contributed by atoms with Gasteiger partial charge >= 0.3 is 5.97 Å². The van der Waals surface area contributed by atoms with Crippen molar-refractivity contribution in [3.05, 3.63) is 69.8 Å². The maximum Gasteiger partial charge on any atom is 0.306 e. The Labute approximate surface area is 155 Å². The van der Waals surface area contributed by atoms with Crippen LogP contribution in [0.2, 0.25) is 0 Å². The number of halogens is 1. The molecule has 1 spiro atoms. The van der Waals surface area contributed by atoms with Crippen molar-refractivity contribution in [1.29, 1.82) is 0 Å². The molecule has 25 heavy (non-hydrogen) atoms. The third-order valence-electron chi connectivity index (χ3n) is 5.58. The minimum Gasteiger partial charge on any atom is -0.481 e. The van der Waals surface area contributed by atoms with Gasteiger partial charge in [0.05, 0.1) is 5.92 Å². The average Bonchev–Trinajstić information content (AvgIpc) is 2.89. The SMILES string of the molecule is O=C(O)C1CCC2(CC1)C(Nc1cccc(Br)c1)=Cc1ccccc12. The topological polar surface area (TPSA) is 49.3 Å². The van der Waals surface area contributed by atoms with E-state index < -0.39 is 5.97 Å². The summed E-state index contributed by atoms with van der Waals surface area (Å²) in [5.41, 5.74) is 4.72. The van der Waals surface area contributed by atoms with Gasteiger partial charge in [-0.15, -0.1) is 0 Å². The fourth-order valence-electron chi connectivity index (χ4n) is 4.27. The molecule has 2 aliphatic carbocycles. The fourth-order valence-corrected chi connectivity index (χ4v) is 4.67. The molecule has 0 unspecified atom stereocenters. The summed E-state index contributed by atoms with van der Waals surface area (Å²) in [7, 11) is 0. The molecule has 0 bridgehead atoms. The summed E-state index contributed by atoms with van der Waals surface area (Å²) in [5.74, 6) is -0.878. The Hall–Kier alpha value is -2.07. The minimum atomic E-state index is -0.661. The van der Waals surface area contributed by atoms with E-state index in [0.29, 0.717) is 0 Å². The van der Waals surface area contributed by atoms with Crippen LogP contribution in [0, 0.1) is 5.92 Å². The van der Waals surface area contributed by atoms with Crippen molar-refractivity contribution < 1.29 is 9.90 Å². The zero-order valence-corrected chi connectivity index (χ0v) is 15.4. The van der Waals surface area contributed by atoms with E-state index in [-0.39, 0.29) is 11.3 Å². The normalized spacial score (nSPS) is 24.7. The third-order valence-corrected chi connectivity index (χ3v) is 6.08. The van der Waals surface area contributed by atoms with E-state index >= 15 is 0 Å². The van der Waals surface area contributed by atoms with Crippen LogP contribution in [0.15, 0.2) is 58.7 Å². The van der Waals surface area contributed by atoms with Gasteiger partial charge in [-0.2, -0.15) is 0 Å². The van der Waals surface area contributed by atoms with Crippen molar-refractivity contribution in [2.24, 2.45) is 5.92 Å². The van der Waals surface area contributed by atoms with Crippen LogP contribution in [0.1, 0.15) is 36.8 Å². The highest BCUT2D eigenvalue weighted by atomic mass is 79.9. The summed E-state index contributed by atoms with van der Waals surface area (Å²) in [5, 5.41) is 13.0. The van der Waals surface area contributed by atoms with Gasteiger partial charge < -0.3 is 10.4 Å². The molecule has 2 aromatic rings. The van der Waals surface area contributed by atoms with Crippen LogP contribution < -0.4 is 5.32 Å². The smallest absolute Gasteiger partial charge is 0.306 e. The summed E-state index contributed by atoms with van der Waals surface area (Å²) < 4.78 is 1.04. The molecule has 0 aromatic heterocycles. The number of rotatable bonds is 3. The summed E-state index contributed by atoms with van der Waals surface area (Å²) >= 11 is 3.53. The van der Waals surface area contributed by atoms with Gasteiger partial charge in [-0.25, -0.2) is 0 Å². The molecule has 1 saturated carbocycles. The van der Waals surface area contributed by atoms with E-state index in [1.54, 1.807) is 0 Å². The summed E-state index contributed by atoms with van der Waals surface area (Å²) in [6.07, 6.45) is 5.42. The number of fused-ring (bicyclic) bond motifs is 2. The Morgan fingerprint density at radius 1 is 1.12 bits per heavy atom. The number of allylic oxidation sites excluding steroid dienone is 1. The Balaban J connectivity index is 1.69. The van der Waals surface area contributed by atoms with Crippen LogP contribution in [-0.2, 0) is 10.2 Å². The number of nitrogens with one attached hydrogen (secondary N) is 1. The van der Waals surface area contributed by atoms with Crippen molar-refractivity contribution in [3.63, 3.8) is 0 Å². The molecule has 0 radical (unpaired) electrons. The second-order valence-corrected chi connectivity index (χ2v) is 7.89. The quantitative estimate of drug-likeness (QED) is 0.725. The van der Waals surface area contributed by atoms with Crippen LogP contribution in [-0.4, -0.2) is 11.1 Å². The first-order chi connectivity index (χ1) is 12.1. The molecular formula is C21H20BrNO2. The Morgan fingerprint density at radius 3 is 2.60 bits per heavy atom. The fraction of sp³-hybridized carbons (Fsp3) is 0.286. The van der Waals surface area contributed by atoms with Crippen molar-refractivity contribution in [1.82, 2.24) is 0 Å². The van der Waals surface area contributed by atoms with Crippen molar-refractivity contribution >= 4 is 33.7 Å². The van der Waals surface area contributed by atoms with Crippen molar-refractivity contribution in [2.75, 3.05) is 5.32 Å². The molecule has 0 saturated heterocycles. The van der Waals surface area contributed by atoms with Crippen molar-refractivity contribution in [2.45, 2.75) is 31.1 Å². The molecule has 2 N–H and O–H groups in total. The molecule has 0 aliphatic heterocycles. The average molecular weight is 398 g/mol. The molecule has 0 heterocycles. The van der Waals surface area contributed by atoms with Crippen LogP contribution in [0.5, 0.6) is 0 Å². The van der Waals surface area contributed by atoms with E-state index in [4.69, 9.17) is 0 Å². The molecule has 2 aliphatic rings. The molecule has 4 heteroatoms. The second kappa shape index (κ2) is 6.34. The third kappa shape index (κ3) is 2.89. The van der Waals surface area contributed by atoms with Gasteiger partial charge in [-0.05, 0) is 61.1 Å². The van der Waals surface area contributed by atoms with E-state index in [1.165, 1.54) is 16.8 Å². The zero-order valence-electron chi connectivity index (χ0n) is 13.8. The summed E-state index contributed by atoms with van der Waals surface area (Å²) in [4.78, 5) is 11.4. The van der Waals surface area contributed by atoms with Gasteiger partial charge in [-0.3, -0.25) is 4.79 Å². The van der Waals surface area contributed by atoms with Gasteiger partial charge in [-0.1, -0.05) is 46.3 Å². The van der Waals surface area contributed by atoms with Crippen molar-refractivity contribution in [3.8, 4) is 0 Å². The number of aliphatic carboxylic acids is 1. The molecular weight excluding hydrogens is 378 g/mol. The first-order valence-corrected chi connectivity index (χ1v) is 9.45. The molecule has 0 amide bonds. The van der Waals surface area contributed by atoms with Gasteiger partial charge in [0, 0.05) is 21.3 Å². The molecule has 0 atom stereocenters. The number of carboxylic acid groups (broad SMARTS) is 1. The maximum atomic E-state index is 11.4. The van der Waals surface area contributed by atoms with Gasteiger partial charge in [0.2, 0.25) is 0 Å². The van der Waals surface area contributed by atoms with E-state index in [1.807, 2.05) is 12.1 Å². The Kier molecular flexibility index (Phi) is 4.16. The largest absolute Gasteiger partial charge is 0.481 e. The predicted molar refractivity (Wildman–Crippen MR) is 103 cm³/mol. The summed E-state index contributed by atoms with van der Waals surface area (Å²) in [6.45, 7) is 0. The Bertz CT molecular complexity index is 850. The van der Waals surface area contributed by atoms with Crippen LogP contribution in [0.25, 0.3) is 6.08 Å². The van der Waals surface area contributed by atoms with E-state index in [2.05, 4.69) is 63.7 Å². The Morgan fingerprint density at radius 2 is 1.88 bits per heavy atom. The highest BCUT2D eigenvalue weighted by Crippen LogP contribution is 2.52. The maximum absolute atomic E-state index is 11.4. The van der Waals surface area contributed by atoms with Crippen LogP contribution in [0.4, 0.5) is 5.69 Å². The number of hydrogen-bond donors (Lipinski definition) is 2. The molecule has 1 fully saturated rings. The van der Waals surface area contributed by atoms with E-state index in [0.717, 1.165) is 35.8 Å². The highest BCUT2D eigenvalue weighted by molar-refractivity contribution is 9.10. The van der Waals surface area contributed by atoms with Gasteiger partial charge in [0.25, 0.3) is 0 Å². The minimum absolute atomic E-state index is 0.0924. The number of carboxylic acids is 1. The number of anilines is 1. The number of carbonyl (C=O) groups is 1. The molecule has 128 valence electrons. The lowest BCUT2D eigenvalue weighted by Crippen LogP contribution is -2.36. The lowest BCUT2D eigenvalue weighted by molar-refractivity contribution is -0.143. The molecule has 3 nitrogen and oxygen atoms in total. The standard InChI is InChI=1S/C21H20BrNO2/c22-16-5-3-6-17(13-16)23-19-12-15-4-1-2-7-18(15)21(19)10-8-14(9-11-21)20(24)25/h1-7,12-14,23H,8-11H2,(H,24,25). The molecule has 2 aromatic carbocycles. The predicted octanol–water partition coefficient (Wildman–Crippen LogP) is 5.43. The van der Waals surface area contributed by atoms with Gasteiger partial charge in [0.15, 0.2) is 0 Å². The first-order valence-electron chi connectivity index (χ1n) is 8.66. The zero-order chi connectivity index (χ0) is 17.4. The monoisotopic (exact) mass is 397 g/mol. The van der Waals surface area contributed by atoms with Crippen LogP contribution >= 0.6 is 15.9 Å². The van der Waals surface area contributed by atoms with Crippen LogP contribution in [0.3, 0.4) is 0 Å². The lowest BCUT2D eigenvalue weighted by Gasteiger charge is -2.39. The summed E-state index contributed by atoms with van der Waals surface area (Å²) in [6, 6.07) is 16.7. The lowest BCUT2D eigenvalue weighted by atomic mass is 9.66.